The Kier molecular flexibility index (Phi) is 5.24. The standard InChI is InChI=1S/C22H21F2N3O3/c1-2-20(28)26-8-7-13-9-16(4-6-19(13)26)27-12-14(10-21(27)29)22(30)25-18-5-3-15(23)11-17(18)24/h3-6,9,11,14H,2,7-8,10,12H2,1H3,(H,25,30). The van der Waals surface area contributed by atoms with Crippen LogP contribution in [-0.2, 0) is 20.8 Å². The molecule has 1 fully saturated rings. The van der Waals surface area contributed by atoms with Crippen molar-refractivity contribution < 1.29 is 23.2 Å². The normalized spacial score (nSPS) is 18.0. The van der Waals surface area contributed by atoms with Gasteiger partial charge in [0, 0.05) is 43.4 Å². The van der Waals surface area contributed by atoms with E-state index in [1.807, 2.05) is 19.1 Å². The molecule has 2 aromatic carbocycles. The Balaban J connectivity index is 1.47. The van der Waals surface area contributed by atoms with Gasteiger partial charge in [0.15, 0.2) is 0 Å². The number of rotatable bonds is 4. The summed E-state index contributed by atoms with van der Waals surface area (Å²) in [6.07, 6.45) is 1.15. The van der Waals surface area contributed by atoms with Gasteiger partial charge < -0.3 is 15.1 Å². The van der Waals surface area contributed by atoms with Gasteiger partial charge in [0.2, 0.25) is 17.7 Å². The van der Waals surface area contributed by atoms with Crippen molar-refractivity contribution in [1.29, 1.82) is 0 Å². The van der Waals surface area contributed by atoms with Crippen LogP contribution in [0.3, 0.4) is 0 Å². The van der Waals surface area contributed by atoms with Crippen molar-refractivity contribution in [2.24, 2.45) is 5.92 Å². The first-order valence-electron chi connectivity index (χ1n) is 9.87. The maximum atomic E-state index is 13.8. The van der Waals surface area contributed by atoms with Crippen LogP contribution in [0.1, 0.15) is 25.3 Å². The molecular formula is C22H21F2N3O3. The second-order valence-electron chi connectivity index (χ2n) is 7.48. The molecule has 0 spiro atoms. The van der Waals surface area contributed by atoms with Gasteiger partial charge in [-0.25, -0.2) is 8.78 Å². The van der Waals surface area contributed by atoms with Crippen molar-refractivity contribution >= 4 is 34.8 Å². The Morgan fingerprint density at radius 1 is 1.17 bits per heavy atom. The topological polar surface area (TPSA) is 69.7 Å². The molecule has 4 rings (SSSR count). The van der Waals surface area contributed by atoms with E-state index in [0.717, 1.165) is 23.4 Å². The van der Waals surface area contributed by atoms with E-state index >= 15 is 0 Å². The van der Waals surface area contributed by atoms with Crippen LogP contribution in [0, 0.1) is 17.6 Å². The van der Waals surface area contributed by atoms with Crippen LogP contribution in [0.5, 0.6) is 0 Å². The molecule has 3 amide bonds. The zero-order valence-electron chi connectivity index (χ0n) is 16.5. The van der Waals surface area contributed by atoms with E-state index in [9.17, 15) is 23.2 Å². The Labute approximate surface area is 172 Å². The highest BCUT2D eigenvalue weighted by Crippen LogP contribution is 2.34. The lowest BCUT2D eigenvalue weighted by Crippen LogP contribution is -2.28. The van der Waals surface area contributed by atoms with Gasteiger partial charge in [-0.15, -0.1) is 0 Å². The van der Waals surface area contributed by atoms with E-state index in [4.69, 9.17) is 0 Å². The molecule has 0 aliphatic carbocycles. The fraction of sp³-hybridized carbons (Fsp3) is 0.318. The van der Waals surface area contributed by atoms with E-state index in [-0.39, 0.29) is 30.5 Å². The number of anilines is 3. The Morgan fingerprint density at radius 2 is 1.97 bits per heavy atom. The molecule has 2 aromatic rings. The summed E-state index contributed by atoms with van der Waals surface area (Å²) in [5, 5.41) is 2.43. The fourth-order valence-corrected chi connectivity index (χ4v) is 3.96. The number of halogens is 2. The molecule has 0 saturated carbocycles. The SMILES string of the molecule is CCC(=O)N1CCc2cc(N3CC(C(=O)Nc4ccc(F)cc4F)CC3=O)ccc21. The molecule has 0 aromatic heterocycles. The van der Waals surface area contributed by atoms with Gasteiger partial charge in [0.05, 0.1) is 11.6 Å². The molecule has 1 unspecified atom stereocenters. The summed E-state index contributed by atoms with van der Waals surface area (Å²) >= 11 is 0. The molecule has 6 nitrogen and oxygen atoms in total. The smallest absolute Gasteiger partial charge is 0.229 e. The fourth-order valence-electron chi connectivity index (χ4n) is 3.96. The molecule has 1 atom stereocenters. The summed E-state index contributed by atoms with van der Waals surface area (Å²) < 4.78 is 26.8. The minimum atomic E-state index is -0.866. The third-order valence-electron chi connectivity index (χ3n) is 5.56. The number of carbonyl (C=O) groups excluding carboxylic acids is 3. The number of amides is 3. The molecule has 0 radical (unpaired) electrons. The lowest BCUT2D eigenvalue weighted by atomic mass is 10.1. The number of hydrogen-bond acceptors (Lipinski definition) is 3. The Morgan fingerprint density at radius 3 is 2.70 bits per heavy atom. The molecule has 2 aliphatic heterocycles. The number of fused-ring (bicyclic) bond motifs is 1. The van der Waals surface area contributed by atoms with Gasteiger partial charge in [0.25, 0.3) is 0 Å². The van der Waals surface area contributed by atoms with Gasteiger partial charge in [-0.2, -0.15) is 0 Å². The molecule has 156 valence electrons. The van der Waals surface area contributed by atoms with Gasteiger partial charge in [-0.05, 0) is 42.3 Å². The first kappa shape index (κ1) is 20.0. The van der Waals surface area contributed by atoms with Crippen LogP contribution in [-0.4, -0.2) is 30.8 Å². The number of carbonyl (C=O) groups is 3. The molecule has 1 saturated heterocycles. The van der Waals surface area contributed by atoms with Crippen LogP contribution in [0.4, 0.5) is 25.8 Å². The minimum absolute atomic E-state index is 0.00613. The maximum Gasteiger partial charge on any atom is 0.229 e. The molecule has 2 heterocycles. The minimum Gasteiger partial charge on any atom is -0.323 e. The number of benzene rings is 2. The van der Waals surface area contributed by atoms with E-state index in [0.29, 0.717) is 31.1 Å². The summed E-state index contributed by atoms with van der Waals surface area (Å²) in [5.74, 6) is -2.87. The highest BCUT2D eigenvalue weighted by atomic mass is 19.1. The number of hydrogen-bond donors (Lipinski definition) is 1. The lowest BCUT2D eigenvalue weighted by molar-refractivity contribution is -0.122. The highest BCUT2D eigenvalue weighted by molar-refractivity contribution is 6.04. The monoisotopic (exact) mass is 413 g/mol. The Hall–Kier alpha value is -3.29. The molecule has 2 aliphatic rings. The van der Waals surface area contributed by atoms with Gasteiger partial charge in [-0.1, -0.05) is 6.92 Å². The third kappa shape index (κ3) is 3.65. The number of nitrogens with zero attached hydrogens (tertiary/aromatic N) is 2. The van der Waals surface area contributed by atoms with Crippen molar-refractivity contribution in [2.75, 3.05) is 28.2 Å². The Bertz CT molecular complexity index is 1040. The van der Waals surface area contributed by atoms with E-state index in [1.165, 1.54) is 4.90 Å². The predicted octanol–water partition coefficient (Wildman–Crippen LogP) is 3.26. The second kappa shape index (κ2) is 7.85. The predicted molar refractivity (Wildman–Crippen MR) is 108 cm³/mol. The zero-order chi connectivity index (χ0) is 21.4. The molecule has 0 bridgehead atoms. The van der Waals surface area contributed by atoms with Crippen molar-refractivity contribution in [2.45, 2.75) is 26.2 Å². The van der Waals surface area contributed by atoms with Gasteiger partial charge in [0.1, 0.15) is 11.6 Å². The molecule has 8 heteroatoms. The average molecular weight is 413 g/mol. The summed E-state index contributed by atoms with van der Waals surface area (Å²) in [5.41, 5.74) is 2.40. The first-order chi connectivity index (χ1) is 14.4. The quantitative estimate of drug-likeness (QED) is 0.837. The van der Waals surface area contributed by atoms with Crippen LogP contribution >= 0.6 is 0 Å². The average Bonchev–Trinajstić information content (AvgIpc) is 3.32. The van der Waals surface area contributed by atoms with Crippen LogP contribution in [0.25, 0.3) is 0 Å². The summed E-state index contributed by atoms with van der Waals surface area (Å²) in [6.45, 7) is 2.61. The number of nitrogens with one attached hydrogen (secondary N) is 1. The van der Waals surface area contributed by atoms with Crippen molar-refractivity contribution in [3.05, 3.63) is 53.6 Å². The summed E-state index contributed by atoms with van der Waals surface area (Å²) in [6, 6.07) is 8.40. The third-order valence-corrected chi connectivity index (χ3v) is 5.56. The van der Waals surface area contributed by atoms with Crippen molar-refractivity contribution in [1.82, 2.24) is 0 Å². The van der Waals surface area contributed by atoms with E-state index in [2.05, 4.69) is 5.32 Å². The van der Waals surface area contributed by atoms with Crippen LogP contribution < -0.4 is 15.1 Å². The largest absolute Gasteiger partial charge is 0.323 e. The van der Waals surface area contributed by atoms with Crippen LogP contribution in [0.2, 0.25) is 0 Å². The van der Waals surface area contributed by atoms with E-state index in [1.54, 1.807) is 11.0 Å². The maximum absolute atomic E-state index is 13.8. The summed E-state index contributed by atoms with van der Waals surface area (Å²) in [4.78, 5) is 40.4. The first-order valence-corrected chi connectivity index (χ1v) is 9.87. The lowest BCUT2D eigenvalue weighted by Gasteiger charge is -2.20. The second-order valence-corrected chi connectivity index (χ2v) is 7.48. The molecule has 30 heavy (non-hydrogen) atoms. The molecular weight excluding hydrogens is 392 g/mol. The van der Waals surface area contributed by atoms with Crippen molar-refractivity contribution in [3.8, 4) is 0 Å². The molecule has 1 N–H and O–H groups in total. The van der Waals surface area contributed by atoms with Gasteiger partial charge in [-0.3, -0.25) is 14.4 Å². The van der Waals surface area contributed by atoms with Gasteiger partial charge >= 0.3 is 0 Å². The van der Waals surface area contributed by atoms with Crippen LogP contribution in [0.15, 0.2) is 36.4 Å². The summed E-state index contributed by atoms with van der Waals surface area (Å²) in [7, 11) is 0. The van der Waals surface area contributed by atoms with E-state index < -0.39 is 23.5 Å². The zero-order valence-corrected chi connectivity index (χ0v) is 16.5. The van der Waals surface area contributed by atoms with Crippen molar-refractivity contribution in [3.63, 3.8) is 0 Å². The highest BCUT2D eigenvalue weighted by Gasteiger charge is 2.36.